The van der Waals surface area contributed by atoms with Gasteiger partial charge < -0.3 is 14.6 Å². The smallest absolute Gasteiger partial charge is 0.170 e. The number of hydrogen-bond acceptors (Lipinski definition) is 4. The van der Waals surface area contributed by atoms with Gasteiger partial charge in [0.15, 0.2) is 5.58 Å². The fraction of sp³-hybridized carbons (Fsp3) is 0.417. The molecule has 2 heterocycles. The molecule has 1 aliphatic heterocycles. The van der Waals surface area contributed by atoms with Crippen molar-refractivity contribution < 1.29 is 9.26 Å². The predicted octanol–water partition coefficient (Wildman–Crippen LogP) is 1.88. The van der Waals surface area contributed by atoms with Gasteiger partial charge in [-0.15, -0.1) is 0 Å². The van der Waals surface area contributed by atoms with Crippen LogP contribution >= 0.6 is 0 Å². The van der Waals surface area contributed by atoms with Crippen LogP contribution in [0.15, 0.2) is 22.7 Å². The Labute approximate surface area is 93.6 Å². The molecule has 0 radical (unpaired) electrons. The number of ether oxygens (including phenoxy) is 1. The van der Waals surface area contributed by atoms with Crippen molar-refractivity contribution in [1.29, 1.82) is 0 Å². The lowest BCUT2D eigenvalue weighted by Gasteiger charge is -2.11. The number of nitrogens with one attached hydrogen (secondary N) is 1. The first-order valence-corrected chi connectivity index (χ1v) is 5.56. The van der Waals surface area contributed by atoms with Gasteiger partial charge in [0, 0.05) is 18.0 Å². The molecule has 1 unspecified atom stereocenters. The summed E-state index contributed by atoms with van der Waals surface area (Å²) in [5, 5.41) is 8.25. The zero-order valence-corrected chi connectivity index (χ0v) is 9.19. The van der Waals surface area contributed by atoms with Gasteiger partial charge in [-0.1, -0.05) is 5.16 Å². The fourth-order valence-electron chi connectivity index (χ4n) is 2.04. The minimum atomic E-state index is 0.279. The second kappa shape index (κ2) is 3.79. The van der Waals surface area contributed by atoms with Crippen LogP contribution in [0.2, 0.25) is 0 Å². The van der Waals surface area contributed by atoms with Crippen LogP contribution in [0.3, 0.4) is 0 Å². The summed E-state index contributed by atoms with van der Waals surface area (Å²) >= 11 is 0. The molecule has 0 saturated carbocycles. The summed E-state index contributed by atoms with van der Waals surface area (Å²) in [6.07, 6.45) is 1.34. The molecule has 1 aromatic heterocycles. The van der Waals surface area contributed by atoms with Gasteiger partial charge in [-0.2, -0.15) is 0 Å². The van der Waals surface area contributed by atoms with Gasteiger partial charge >= 0.3 is 0 Å². The maximum absolute atomic E-state index is 5.84. The van der Waals surface area contributed by atoms with Crippen LogP contribution in [-0.4, -0.2) is 24.4 Å². The average Bonchev–Trinajstić information content (AvgIpc) is 2.90. The van der Waals surface area contributed by atoms with Crippen LogP contribution < -0.4 is 10.1 Å². The normalized spacial score (nSPS) is 20.4. The summed E-state index contributed by atoms with van der Waals surface area (Å²) in [5.74, 6) is 0.859. The molecule has 84 valence electrons. The van der Waals surface area contributed by atoms with Crippen molar-refractivity contribution in [3.8, 4) is 5.75 Å². The summed E-state index contributed by atoms with van der Waals surface area (Å²) < 4.78 is 11.1. The first-order chi connectivity index (χ1) is 7.83. The van der Waals surface area contributed by atoms with Gasteiger partial charge in [0.25, 0.3) is 0 Å². The number of benzene rings is 1. The summed E-state index contributed by atoms with van der Waals surface area (Å²) in [5.41, 5.74) is 1.71. The number of aryl methyl sites for hydroxylation is 1. The summed E-state index contributed by atoms with van der Waals surface area (Å²) in [6, 6.07) is 5.89. The lowest BCUT2D eigenvalue weighted by atomic mass is 10.2. The van der Waals surface area contributed by atoms with Crippen molar-refractivity contribution in [3.05, 3.63) is 23.9 Å². The van der Waals surface area contributed by atoms with E-state index in [1.54, 1.807) is 0 Å². The molecule has 16 heavy (non-hydrogen) atoms. The molecule has 0 spiro atoms. The molecular weight excluding hydrogens is 204 g/mol. The van der Waals surface area contributed by atoms with Crippen LogP contribution in [0, 0.1) is 6.92 Å². The molecule has 3 rings (SSSR count). The SMILES string of the molecule is Cc1noc2cc(OC3CCNC3)ccc12. The second-order valence-corrected chi connectivity index (χ2v) is 4.16. The molecule has 4 nitrogen and oxygen atoms in total. The van der Waals surface area contributed by atoms with Crippen LogP contribution in [0.5, 0.6) is 5.75 Å². The van der Waals surface area contributed by atoms with Crippen LogP contribution in [0.25, 0.3) is 11.0 Å². The first kappa shape index (κ1) is 9.66. The Kier molecular flexibility index (Phi) is 2.29. The van der Waals surface area contributed by atoms with E-state index in [1.807, 2.05) is 25.1 Å². The molecule has 1 atom stereocenters. The van der Waals surface area contributed by atoms with Gasteiger partial charge in [0.1, 0.15) is 11.9 Å². The van der Waals surface area contributed by atoms with Crippen LogP contribution in [0.1, 0.15) is 12.1 Å². The van der Waals surface area contributed by atoms with E-state index in [4.69, 9.17) is 9.26 Å². The highest BCUT2D eigenvalue weighted by Crippen LogP contribution is 2.24. The van der Waals surface area contributed by atoms with Crippen molar-refractivity contribution in [2.45, 2.75) is 19.4 Å². The summed E-state index contributed by atoms with van der Waals surface area (Å²) in [6.45, 7) is 3.90. The minimum absolute atomic E-state index is 0.279. The highest BCUT2D eigenvalue weighted by Gasteiger charge is 2.16. The largest absolute Gasteiger partial charge is 0.489 e. The third-order valence-electron chi connectivity index (χ3n) is 2.94. The molecule has 1 aromatic carbocycles. The molecule has 1 N–H and O–H groups in total. The minimum Gasteiger partial charge on any atom is -0.489 e. The van der Waals surface area contributed by atoms with Gasteiger partial charge in [0.05, 0.1) is 5.69 Å². The molecule has 1 aliphatic rings. The molecule has 1 fully saturated rings. The van der Waals surface area contributed by atoms with Gasteiger partial charge in [-0.05, 0) is 32.0 Å². The molecule has 1 saturated heterocycles. The Morgan fingerprint density at radius 1 is 1.50 bits per heavy atom. The van der Waals surface area contributed by atoms with E-state index in [-0.39, 0.29) is 6.10 Å². The van der Waals surface area contributed by atoms with E-state index in [9.17, 15) is 0 Å². The standard InChI is InChI=1S/C12H14N2O2/c1-8-11-3-2-9(6-12(11)16-14-8)15-10-4-5-13-7-10/h2-3,6,10,13H,4-5,7H2,1H3. The summed E-state index contributed by atoms with van der Waals surface area (Å²) in [4.78, 5) is 0. The molecule has 4 heteroatoms. The quantitative estimate of drug-likeness (QED) is 0.836. The Morgan fingerprint density at radius 3 is 3.25 bits per heavy atom. The third-order valence-corrected chi connectivity index (χ3v) is 2.94. The lowest BCUT2D eigenvalue weighted by molar-refractivity contribution is 0.223. The number of aromatic nitrogens is 1. The van der Waals surface area contributed by atoms with Crippen molar-refractivity contribution in [3.63, 3.8) is 0 Å². The second-order valence-electron chi connectivity index (χ2n) is 4.16. The molecule has 0 bridgehead atoms. The number of fused-ring (bicyclic) bond motifs is 1. The van der Waals surface area contributed by atoms with Crippen molar-refractivity contribution in [2.24, 2.45) is 0 Å². The van der Waals surface area contributed by atoms with E-state index in [2.05, 4.69) is 10.5 Å². The number of rotatable bonds is 2. The monoisotopic (exact) mass is 218 g/mol. The van der Waals surface area contributed by atoms with Crippen LogP contribution in [0.4, 0.5) is 0 Å². The fourth-order valence-corrected chi connectivity index (χ4v) is 2.04. The van der Waals surface area contributed by atoms with E-state index in [0.717, 1.165) is 41.9 Å². The molecular formula is C12H14N2O2. The topological polar surface area (TPSA) is 47.3 Å². The van der Waals surface area contributed by atoms with Gasteiger partial charge in [0.2, 0.25) is 0 Å². The molecule has 0 aliphatic carbocycles. The lowest BCUT2D eigenvalue weighted by Crippen LogP contribution is -2.19. The first-order valence-electron chi connectivity index (χ1n) is 5.56. The zero-order valence-electron chi connectivity index (χ0n) is 9.19. The maximum Gasteiger partial charge on any atom is 0.170 e. The third kappa shape index (κ3) is 1.65. The van der Waals surface area contributed by atoms with E-state index in [0.29, 0.717) is 0 Å². The Bertz CT molecular complexity index is 501. The highest BCUT2D eigenvalue weighted by atomic mass is 16.5. The van der Waals surface area contributed by atoms with E-state index in [1.165, 1.54) is 0 Å². The Balaban J connectivity index is 1.87. The van der Waals surface area contributed by atoms with Crippen molar-refractivity contribution in [1.82, 2.24) is 10.5 Å². The van der Waals surface area contributed by atoms with Gasteiger partial charge in [-0.25, -0.2) is 0 Å². The molecule has 0 amide bonds. The van der Waals surface area contributed by atoms with Crippen LogP contribution in [-0.2, 0) is 0 Å². The van der Waals surface area contributed by atoms with Gasteiger partial charge in [-0.3, -0.25) is 0 Å². The molecule has 2 aromatic rings. The summed E-state index contributed by atoms with van der Waals surface area (Å²) in [7, 11) is 0. The Morgan fingerprint density at radius 2 is 2.44 bits per heavy atom. The number of hydrogen-bond donors (Lipinski definition) is 1. The highest BCUT2D eigenvalue weighted by molar-refractivity contribution is 5.80. The zero-order chi connectivity index (χ0) is 11.0. The predicted molar refractivity (Wildman–Crippen MR) is 60.6 cm³/mol. The average molecular weight is 218 g/mol. The van der Waals surface area contributed by atoms with E-state index >= 15 is 0 Å². The maximum atomic E-state index is 5.84. The van der Waals surface area contributed by atoms with Crippen molar-refractivity contribution in [2.75, 3.05) is 13.1 Å². The Hall–Kier alpha value is -1.55. The number of nitrogens with zero attached hydrogens (tertiary/aromatic N) is 1. The van der Waals surface area contributed by atoms with E-state index < -0.39 is 0 Å². The van der Waals surface area contributed by atoms with Crippen molar-refractivity contribution >= 4 is 11.0 Å².